The smallest absolute Gasteiger partial charge is 0.412 e. The molecule has 0 saturated heterocycles. The summed E-state index contributed by atoms with van der Waals surface area (Å²) in [7, 11) is 4.22. The van der Waals surface area contributed by atoms with Gasteiger partial charge >= 0.3 is 12.1 Å². The molecule has 0 aliphatic carbocycles. The van der Waals surface area contributed by atoms with E-state index in [4.69, 9.17) is 18.9 Å². The molecular formula is C24H30N2O7. The van der Waals surface area contributed by atoms with E-state index in [0.717, 1.165) is 0 Å². The van der Waals surface area contributed by atoms with Crippen LogP contribution >= 0.6 is 0 Å². The summed E-state index contributed by atoms with van der Waals surface area (Å²) in [5.74, 6) is -1.40. The molecule has 9 heteroatoms. The molecule has 0 spiro atoms. The van der Waals surface area contributed by atoms with Crippen LogP contribution < -0.4 is 20.1 Å². The molecule has 0 heterocycles. The Balaban J connectivity index is 2.13. The number of rotatable bonds is 8. The van der Waals surface area contributed by atoms with E-state index in [1.165, 1.54) is 21.3 Å². The second-order valence-electron chi connectivity index (χ2n) is 8.13. The van der Waals surface area contributed by atoms with Crippen LogP contribution in [0.3, 0.4) is 0 Å². The van der Waals surface area contributed by atoms with Crippen molar-refractivity contribution in [3.63, 3.8) is 0 Å². The molecule has 2 rings (SSSR count). The van der Waals surface area contributed by atoms with Crippen LogP contribution in [0, 0.1) is 5.92 Å². The predicted molar refractivity (Wildman–Crippen MR) is 124 cm³/mol. The summed E-state index contributed by atoms with van der Waals surface area (Å²) < 4.78 is 20.7. The molecule has 0 aliphatic heterocycles. The minimum atomic E-state index is -1.12. The number of methoxy groups -OCH3 is 3. The lowest BCUT2D eigenvalue weighted by Crippen LogP contribution is -2.32. The monoisotopic (exact) mass is 458 g/mol. The first-order valence-electron chi connectivity index (χ1n) is 10.3. The number of hydrogen-bond acceptors (Lipinski definition) is 7. The Bertz CT molecular complexity index is 981. The fraction of sp³-hybridized carbons (Fsp3) is 0.375. The number of hydrogen-bond donors (Lipinski definition) is 2. The minimum absolute atomic E-state index is 0.0527. The predicted octanol–water partition coefficient (Wildman–Crippen LogP) is 4.02. The van der Waals surface area contributed by atoms with Crippen LogP contribution in [-0.2, 0) is 25.5 Å². The molecular weight excluding hydrogens is 428 g/mol. The van der Waals surface area contributed by atoms with E-state index in [0.29, 0.717) is 28.4 Å². The van der Waals surface area contributed by atoms with Crippen LogP contribution in [-0.4, -0.2) is 44.9 Å². The molecule has 9 nitrogen and oxygen atoms in total. The molecule has 178 valence electrons. The molecule has 0 saturated carbocycles. The number of para-hydroxylation sites is 1. The fourth-order valence-electron chi connectivity index (χ4n) is 3.05. The van der Waals surface area contributed by atoms with Gasteiger partial charge in [0.25, 0.3) is 0 Å². The Hall–Kier alpha value is -3.75. The molecule has 0 bridgehead atoms. The van der Waals surface area contributed by atoms with Gasteiger partial charge in [-0.2, -0.15) is 0 Å². The zero-order valence-corrected chi connectivity index (χ0v) is 19.7. The first-order valence-corrected chi connectivity index (χ1v) is 10.3. The topological polar surface area (TPSA) is 112 Å². The standard InChI is InChI=1S/C24H30N2O7/c1-24(2,3)33-23(29)26-17-12-10-16(11-13-17)25-21(27)18(22(28)32-6)14-15-8-7-9-19(30-4)20(15)31-5/h7-13,18H,14H2,1-6H3,(H,25,27)(H,26,29). The maximum Gasteiger partial charge on any atom is 0.412 e. The number of ether oxygens (including phenoxy) is 4. The van der Waals surface area contributed by atoms with Crippen LogP contribution in [0.2, 0.25) is 0 Å². The number of nitrogens with one attached hydrogen (secondary N) is 2. The third-order valence-corrected chi connectivity index (χ3v) is 4.51. The maximum atomic E-state index is 12.9. The van der Waals surface area contributed by atoms with E-state index in [9.17, 15) is 14.4 Å². The molecule has 0 aromatic heterocycles. The van der Waals surface area contributed by atoms with Gasteiger partial charge in [-0.05, 0) is 63.1 Å². The van der Waals surface area contributed by atoms with Gasteiger partial charge in [-0.1, -0.05) is 12.1 Å². The van der Waals surface area contributed by atoms with Crippen LogP contribution in [0.4, 0.5) is 16.2 Å². The Morgan fingerprint density at radius 3 is 2.00 bits per heavy atom. The van der Waals surface area contributed by atoms with E-state index in [2.05, 4.69) is 10.6 Å². The van der Waals surface area contributed by atoms with Gasteiger partial charge in [0.05, 0.1) is 21.3 Å². The molecule has 0 fully saturated rings. The van der Waals surface area contributed by atoms with Gasteiger partial charge in [-0.25, -0.2) is 4.79 Å². The SMILES string of the molecule is COC(=O)C(Cc1cccc(OC)c1OC)C(=O)Nc1ccc(NC(=O)OC(C)(C)C)cc1. The lowest BCUT2D eigenvalue weighted by atomic mass is 9.97. The number of carbonyl (C=O) groups is 3. The maximum absolute atomic E-state index is 12.9. The van der Waals surface area contributed by atoms with E-state index in [1.54, 1.807) is 63.2 Å². The zero-order chi connectivity index (χ0) is 24.6. The van der Waals surface area contributed by atoms with E-state index in [-0.39, 0.29) is 6.42 Å². The molecule has 2 aromatic rings. The summed E-state index contributed by atoms with van der Waals surface area (Å²) >= 11 is 0. The quantitative estimate of drug-likeness (QED) is 0.454. The number of carbonyl (C=O) groups excluding carboxylic acids is 3. The Morgan fingerprint density at radius 1 is 0.879 bits per heavy atom. The van der Waals surface area contributed by atoms with Crippen molar-refractivity contribution in [1.82, 2.24) is 0 Å². The Labute approximate surface area is 193 Å². The lowest BCUT2D eigenvalue weighted by Gasteiger charge is -2.20. The van der Waals surface area contributed by atoms with Crippen molar-refractivity contribution in [3.05, 3.63) is 48.0 Å². The normalized spacial score (nSPS) is 11.7. The van der Waals surface area contributed by atoms with Crippen LogP contribution in [0.15, 0.2) is 42.5 Å². The molecule has 0 aliphatic rings. The van der Waals surface area contributed by atoms with E-state index in [1.807, 2.05) is 0 Å². The van der Waals surface area contributed by atoms with Gasteiger partial charge in [-0.3, -0.25) is 14.9 Å². The van der Waals surface area contributed by atoms with Gasteiger partial charge in [0, 0.05) is 11.4 Å². The van der Waals surface area contributed by atoms with Crippen molar-refractivity contribution in [2.75, 3.05) is 32.0 Å². The second-order valence-corrected chi connectivity index (χ2v) is 8.13. The first-order chi connectivity index (χ1) is 15.6. The molecule has 2 aromatic carbocycles. The molecule has 0 radical (unpaired) electrons. The highest BCUT2D eigenvalue weighted by Crippen LogP contribution is 2.32. The summed E-state index contributed by atoms with van der Waals surface area (Å²) in [6, 6.07) is 11.6. The molecule has 1 atom stereocenters. The third-order valence-electron chi connectivity index (χ3n) is 4.51. The highest BCUT2D eigenvalue weighted by molar-refractivity contribution is 6.05. The number of benzene rings is 2. The largest absolute Gasteiger partial charge is 0.493 e. The highest BCUT2D eigenvalue weighted by atomic mass is 16.6. The first kappa shape index (κ1) is 25.5. The van der Waals surface area contributed by atoms with Crippen molar-refractivity contribution in [3.8, 4) is 11.5 Å². The summed E-state index contributed by atoms with van der Waals surface area (Å²) in [6.45, 7) is 5.30. The van der Waals surface area contributed by atoms with Gasteiger partial charge in [0.1, 0.15) is 11.5 Å². The van der Waals surface area contributed by atoms with Crippen molar-refractivity contribution < 1.29 is 33.3 Å². The van der Waals surface area contributed by atoms with Crippen molar-refractivity contribution in [2.45, 2.75) is 32.8 Å². The fourth-order valence-corrected chi connectivity index (χ4v) is 3.05. The number of amides is 2. The summed E-state index contributed by atoms with van der Waals surface area (Å²) in [6.07, 6.45) is -0.533. The van der Waals surface area contributed by atoms with Crippen LogP contribution in [0.1, 0.15) is 26.3 Å². The van der Waals surface area contributed by atoms with Gasteiger partial charge < -0.3 is 24.3 Å². The average molecular weight is 459 g/mol. The Morgan fingerprint density at radius 2 is 1.48 bits per heavy atom. The van der Waals surface area contributed by atoms with Crippen molar-refractivity contribution in [1.29, 1.82) is 0 Å². The molecule has 2 amide bonds. The van der Waals surface area contributed by atoms with Gasteiger partial charge in [0.15, 0.2) is 11.5 Å². The number of anilines is 2. The van der Waals surface area contributed by atoms with Crippen molar-refractivity contribution >= 4 is 29.3 Å². The second kappa shape index (κ2) is 11.2. The van der Waals surface area contributed by atoms with Crippen LogP contribution in [0.5, 0.6) is 11.5 Å². The molecule has 1 unspecified atom stereocenters. The van der Waals surface area contributed by atoms with E-state index >= 15 is 0 Å². The lowest BCUT2D eigenvalue weighted by molar-refractivity contribution is -0.148. The third kappa shape index (κ3) is 7.41. The average Bonchev–Trinajstić information content (AvgIpc) is 2.76. The molecule has 33 heavy (non-hydrogen) atoms. The van der Waals surface area contributed by atoms with E-state index < -0.39 is 29.5 Å². The van der Waals surface area contributed by atoms with Gasteiger partial charge in [0.2, 0.25) is 5.91 Å². The van der Waals surface area contributed by atoms with Crippen molar-refractivity contribution in [2.24, 2.45) is 5.92 Å². The highest BCUT2D eigenvalue weighted by Gasteiger charge is 2.30. The molecule has 2 N–H and O–H groups in total. The summed E-state index contributed by atoms with van der Waals surface area (Å²) in [4.78, 5) is 37.2. The zero-order valence-electron chi connectivity index (χ0n) is 19.7. The Kier molecular flexibility index (Phi) is 8.67. The summed E-state index contributed by atoms with van der Waals surface area (Å²) in [5.41, 5.74) is 0.945. The van der Waals surface area contributed by atoms with Crippen LogP contribution in [0.25, 0.3) is 0 Å². The van der Waals surface area contributed by atoms with Gasteiger partial charge in [-0.15, -0.1) is 0 Å². The minimum Gasteiger partial charge on any atom is -0.493 e. The number of esters is 1. The summed E-state index contributed by atoms with van der Waals surface area (Å²) in [5, 5.41) is 5.32.